The summed E-state index contributed by atoms with van der Waals surface area (Å²) in [6, 6.07) is 0. The van der Waals surface area contributed by atoms with Crippen molar-refractivity contribution in [2.24, 2.45) is 5.14 Å². The third-order valence-electron chi connectivity index (χ3n) is 0.545. The number of carboxylic acids is 1. The van der Waals surface area contributed by atoms with Crippen molar-refractivity contribution in [2.75, 3.05) is 5.75 Å². The van der Waals surface area contributed by atoms with Gasteiger partial charge in [0, 0.05) is 0 Å². The van der Waals surface area contributed by atoms with Crippen LogP contribution in [0.5, 0.6) is 0 Å². The summed E-state index contributed by atoms with van der Waals surface area (Å²) in [4.78, 5) is 9.82. The first-order valence-corrected chi connectivity index (χ1v) is 3.35. The Morgan fingerprint density at radius 2 is 2.22 bits per heavy atom. The zero-order chi connectivity index (χ0) is 7.44. The number of carbonyl (C=O) groups is 1. The smallest absolute Gasteiger partial charge is 0.350 e. The van der Waals surface area contributed by atoms with Gasteiger partial charge in [-0.05, 0) is 0 Å². The lowest BCUT2D eigenvalue weighted by atomic mass is 10.4. The normalized spacial score (nSPS) is 12.6. The maximum absolute atomic E-state index is 10.0. The van der Waals surface area contributed by atoms with E-state index in [1.165, 1.54) is 0 Å². The van der Waals surface area contributed by atoms with Gasteiger partial charge in [-0.1, -0.05) is 0 Å². The summed E-state index contributed by atoms with van der Waals surface area (Å²) in [7, 11) is -1.72. The van der Waals surface area contributed by atoms with Gasteiger partial charge in [0.25, 0.3) is 0 Å². The number of hydrogen-bond donors (Lipinski definition) is 3. The van der Waals surface area contributed by atoms with Gasteiger partial charge in [-0.2, -0.15) is 0 Å². The van der Waals surface area contributed by atoms with E-state index in [1.54, 1.807) is 0 Å². The van der Waals surface area contributed by atoms with Gasteiger partial charge in [-0.3, -0.25) is 10.5 Å². The predicted octanol–water partition coefficient (Wildman–Crippen LogP) is -1.29. The Morgan fingerprint density at radius 1 is 1.78 bits per heavy atom. The van der Waals surface area contributed by atoms with Crippen LogP contribution < -0.4 is 5.14 Å². The van der Waals surface area contributed by atoms with Gasteiger partial charge >= 0.3 is 5.97 Å². The fourth-order valence-corrected chi connectivity index (χ4v) is 0.612. The molecule has 0 spiro atoms. The van der Waals surface area contributed by atoms with Crippen molar-refractivity contribution in [3.63, 3.8) is 0 Å². The quantitative estimate of drug-likeness (QED) is 0.436. The second-order valence-corrected chi connectivity index (χ2v) is 2.36. The molecule has 0 fully saturated rings. The molecule has 1 atom stereocenters. The van der Waals surface area contributed by atoms with Crippen molar-refractivity contribution in [3.05, 3.63) is 0 Å². The van der Waals surface area contributed by atoms with E-state index < -0.39 is 28.4 Å². The Kier molecular flexibility index (Phi) is 3.03. The van der Waals surface area contributed by atoms with E-state index in [2.05, 4.69) is 0 Å². The zero-order valence-electron chi connectivity index (χ0n) is 4.46. The van der Waals surface area contributed by atoms with Crippen LogP contribution in [0.3, 0.4) is 0 Å². The van der Waals surface area contributed by atoms with E-state index in [0.717, 1.165) is 0 Å². The first-order valence-electron chi connectivity index (χ1n) is 1.97. The maximum Gasteiger partial charge on any atom is 0.350 e. The van der Waals surface area contributed by atoms with Crippen molar-refractivity contribution in [1.29, 1.82) is 5.41 Å². The molecule has 0 aliphatic heterocycles. The van der Waals surface area contributed by atoms with E-state index >= 15 is 0 Å². The fraction of sp³-hybridized carbons (Fsp3) is 0.333. The van der Waals surface area contributed by atoms with Crippen LogP contribution in [0, 0.1) is 5.41 Å². The molecule has 0 aliphatic carbocycles. The van der Waals surface area contributed by atoms with E-state index in [-0.39, 0.29) is 0 Å². The van der Waals surface area contributed by atoms with Gasteiger partial charge in [0.05, 0.1) is 16.7 Å². The molecule has 52 valence electrons. The highest BCUT2D eigenvalue weighted by Gasteiger charge is 2.07. The number of carboxylic acid groups (broad SMARTS) is 1. The lowest BCUT2D eigenvalue weighted by Gasteiger charge is -1.90. The van der Waals surface area contributed by atoms with Crippen LogP contribution >= 0.6 is 0 Å². The number of nitrogens with two attached hydrogens (primary N) is 1. The Balaban J connectivity index is 3.79. The van der Waals surface area contributed by atoms with Crippen LogP contribution in [0.15, 0.2) is 0 Å². The molecule has 0 heterocycles. The molecule has 1 unspecified atom stereocenters. The van der Waals surface area contributed by atoms with Crippen LogP contribution in [0.1, 0.15) is 0 Å². The van der Waals surface area contributed by atoms with E-state index in [9.17, 15) is 9.00 Å². The molecule has 5 nitrogen and oxygen atoms in total. The number of rotatable bonds is 3. The first kappa shape index (κ1) is 8.25. The third kappa shape index (κ3) is 3.80. The van der Waals surface area contributed by atoms with Crippen molar-refractivity contribution >= 4 is 22.7 Å². The van der Waals surface area contributed by atoms with Gasteiger partial charge in [-0.25, -0.2) is 9.00 Å². The molecule has 0 aliphatic rings. The summed E-state index contributed by atoms with van der Waals surface area (Å²) < 4.78 is 10.0. The minimum absolute atomic E-state index is 0.394. The van der Waals surface area contributed by atoms with E-state index in [0.29, 0.717) is 0 Å². The average molecular weight is 150 g/mol. The molecule has 0 radical (unpaired) electrons. The fourth-order valence-electron chi connectivity index (χ4n) is 0.204. The summed E-state index contributed by atoms with van der Waals surface area (Å²) in [6.45, 7) is 0. The largest absolute Gasteiger partial charge is 0.477 e. The van der Waals surface area contributed by atoms with Crippen LogP contribution in [-0.2, 0) is 15.8 Å². The van der Waals surface area contributed by atoms with Crippen LogP contribution in [0.2, 0.25) is 0 Å². The minimum Gasteiger partial charge on any atom is -0.477 e. The number of hydrogen-bond acceptors (Lipinski definition) is 3. The zero-order valence-corrected chi connectivity index (χ0v) is 5.27. The van der Waals surface area contributed by atoms with E-state index in [1.807, 2.05) is 0 Å². The first-order chi connectivity index (χ1) is 4.04. The second-order valence-electron chi connectivity index (χ2n) is 1.31. The summed E-state index contributed by atoms with van der Waals surface area (Å²) in [5, 5.41) is 19.3. The summed E-state index contributed by atoms with van der Waals surface area (Å²) >= 11 is 0. The molecule has 4 N–H and O–H groups in total. The maximum atomic E-state index is 10.0. The average Bonchev–Trinajstić information content (AvgIpc) is 1.63. The van der Waals surface area contributed by atoms with Gasteiger partial charge in [0.2, 0.25) is 0 Å². The summed E-state index contributed by atoms with van der Waals surface area (Å²) in [5.41, 5.74) is -0.629. The second kappa shape index (κ2) is 3.31. The molecule has 0 saturated heterocycles. The van der Waals surface area contributed by atoms with Crippen molar-refractivity contribution < 1.29 is 14.1 Å². The monoisotopic (exact) mass is 150 g/mol. The Hall–Kier alpha value is -0.750. The molecule has 6 heteroatoms. The van der Waals surface area contributed by atoms with Crippen LogP contribution in [0.25, 0.3) is 0 Å². The SMILES string of the molecule is N=C(CS(N)=O)C(=O)O. The Labute approximate surface area is 54.0 Å². The van der Waals surface area contributed by atoms with Gasteiger partial charge < -0.3 is 5.11 Å². The van der Waals surface area contributed by atoms with Crippen molar-refractivity contribution in [1.82, 2.24) is 0 Å². The van der Waals surface area contributed by atoms with Crippen LogP contribution in [0.4, 0.5) is 0 Å². The molecular formula is C3H6N2O3S. The van der Waals surface area contributed by atoms with Gasteiger partial charge in [0.15, 0.2) is 0 Å². The molecule has 0 amide bonds. The predicted molar refractivity (Wildman–Crippen MR) is 32.6 cm³/mol. The molecular weight excluding hydrogens is 144 g/mol. The van der Waals surface area contributed by atoms with Crippen molar-refractivity contribution in [3.8, 4) is 0 Å². The Morgan fingerprint density at radius 3 is 2.33 bits per heavy atom. The number of nitrogens with one attached hydrogen (secondary N) is 1. The van der Waals surface area contributed by atoms with Crippen molar-refractivity contribution in [2.45, 2.75) is 0 Å². The van der Waals surface area contributed by atoms with Crippen LogP contribution in [-0.4, -0.2) is 26.7 Å². The minimum atomic E-state index is -1.72. The highest BCUT2D eigenvalue weighted by Crippen LogP contribution is 1.75. The molecule has 0 saturated carbocycles. The molecule has 9 heavy (non-hydrogen) atoms. The third-order valence-corrected chi connectivity index (χ3v) is 1.12. The topological polar surface area (TPSA) is 104 Å². The molecule has 0 aromatic heterocycles. The lowest BCUT2D eigenvalue weighted by Crippen LogP contribution is -2.22. The highest BCUT2D eigenvalue weighted by atomic mass is 32.2. The highest BCUT2D eigenvalue weighted by molar-refractivity contribution is 7.83. The lowest BCUT2D eigenvalue weighted by molar-refractivity contribution is -0.129. The molecule has 0 bridgehead atoms. The standard InChI is InChI=1S/C3H6N2O3S/c4-2(3(6)7)1-9(5)8/h4H,1,5H2,(H,6,7). The van der Waals surface area contributed by atoms with Gasteiger partial charge in [-0.15, -0.1) is 0 Å². The molecule has 0 rings (SSSR count). The number of aliphatic carboxylic acids is 1. The van der Waals surface area contributed by atoms with Gasteiger partial charge in [0.1, 0.15) is 5.71 Å². The Bertz CT molecular complexity index is 166. The molecule has 0 aromatic carbocycles. The summed E-state index contributed by atoms with van der Waals surface area (Å²) in [5.74, 6) is -1.77. The summed E-state index contributed by atoms with van der Waals surface area (Å²) in [6.07, 6.45) is 0. The van der Waals surface area contributed by atoms with E-state index in [4.69, 9.17) is 15.7 Å². The molecule has 0 aromatic rings.